The molecule has 1 aromatic heterocycles. The smallest absolute Gasteiger partial charge is 0.272 e. The van der Waals surface area contributed by atoms with Gasteiger partial charge in [0, 0.05) is 17.7 Å². The van der Waals surface area contributed by atoms with E-state index in [1.54, 1.807) is 0 Å². The second-order valence-electron chi connectivity index (χ2n) is 10.6. The summed E-state index contributed by atoms with van der Waals surface area (Å²) in [7, 11) is 0. The number of amides is 1. The number of aromatic nitrogens is 2. The molecular weight excluding hydrogens is 454 g/mol. The third kappa shape index (κ3) is 5.58. The van der Waals surface area contributed by atoms with Crippen LogP contribution in [0.4, 0.5) is 0 Å². The minimum Gasteiger partial charge on any atom is -0.350 e. The SMILES string of the molecule is CCC(CC)CCC(C)CNC(=O)c1nn(C2=CCC(C)C=C2Cl)c2c1CCc1cc(C)ccc1-2. The fourth-order valence-electron chi connectivity index (χ4n) is 5.40. The summed E-state index contributed by atoms with van der Waals surface area (Å²) < 4.78 is 1.93. The molecule has 1 aromatic carbocycles. The molecule has 0 bridgehead atoms. The Hall–Kier alpha value is -2.33. The Balaban J connectivity index is 1.62. The molecule has 2 aliphatic rings. The third-order valence-electron chi connectivity index (χ3n) is 7.78. The third-order valence-corrected chi connectivity index (χ3v) is 8.10. The minimum absolute atomic E-state index is 0.0742. The van der Waals surface area contributed by atoms with Crippen LogP contribution in [0.25, 0.3) is 17.0 Å². The number of benzene rings is 1. The molecule has 35 heavy (non-hydrogen) atoms. The van der Waals surface area contributed by atoms with Gasteiger partial charge in [-0.2, -0.15) is 5.10 Å². The molecule has 0 saturated heterocycles. The summed E-state index contributed by atoms with van der Waals surface area (Å²) in [5.41, 5.74) is 7.20. The van der Waals surface area contributed by atoms with E-state index >= 15 is 0 Å². The van der Waals surface area contributed by atoms with Crippen molar-refractivity contribution in [3.05, 3.63) is 57.8 Å². The van der Waals surface area contributed by atoms with Crippen LogP contribution in [-0.4, -0.2) is 22.2 Å². The highest BCUT2D eigenvalue weighted by Crippen LogP contribution is 2.40. The molecule has 0 aliphatic heterocycles. The lowest BCUT2D eigenvalue weighted by atomic mass is 9.87. The maximum absolute atomic E-state index is 13.4. The van der Waals surface area contributed by atoms with Crippen LogP contribution in [0.3, 0.4) is 0 Å². The van der Waals surface area contributed by atoms with E-state index in [0.29, 0.717) is 29.1 Å². The van der Waals surface area contributed by atoms with Crippen molar-refractivity contribution in [2.75, 3.05) is 6.54 Å². The number of rotatable bonds is 9. The van der Waals surface area contributed by atoms with Gasteiger partial charge in [-0.1, -0.05) is 94.5 Å². The Morgan fingerprint density at radius 2 is 2.00 bits per heavy atom. The number of nitrogens with zero attached hydrogens (tertiary/aromatic N) is 2. The predicted molar refractivity (Wildman–Crippen MR) is 147 cm³/mol. The molecule has 1 N–H and O–H groups in total. The van der Waals surface area contributed by atoms with Crippen LogP contribution in [0.2, 0.25) is 0 Å². The first-order valence-electron chi connectivity index (χ1n) is 13.4. The van der Waals surface area contributed by atoms with Crippen molar-refractivity contribution in [3.8, 4) is 11.3 Å². The number of fused-ring (bicyclic) bond motifs is 3. The van der Waals surface area contributed by atoms with Crippen LogP contribution in [-0.2, 0) is 12.8 Å². The Morgan fingerprint density at radius 1 is 1.23 bits per heavy atom. The number of hydrogen-bond acceptors (Lipinski definition) is 2. The maximum atomic E-state index is 13.4. The van der Waals surface area contributed by atoms with Crippen LogP contribution < -0.4 is 5.32 Å². The van der Waals surface area contributed by atoms with E-state index in [4.69, 9.17) is 16.7 Å². The molecule has 2 aromatic rings. The molecule has 2 atom stereocenters. The molecular formula is C30H40ClN3O. The lowest BCUT2D eigenvalue weighted by molar-refractivity contribution is 0.0940. The fourth-order valence-corrected chi connectivity index (χ4v) is 5.77. The number of carbonyl (C=O) groups is 1. The summed E-state index contributed by atoms with van der Waals surface area (Å²) in [5, 5.41) is 8.80. The lowest BCUT2D eigenvalue weighted by Gasteiger charge is -2.22. The van der Waals surface area contributed by atoms with Gasteiger partial charge in [0.25, 0.3) is 5.91 Å². The Morgan fingerprint density at radius 3 is 2.71 bits per heavy atom. The summed E-state index contributed by atoms with van der Waals surface area (Å²) in [6.07, 6.45) is 11.7. The van der Waals surface area contributed by atoms with Gasteiger partial charge < -0.3 is 5.32 Å². The molecule has 0 fully saturated rings. The molecule has 0 spiro atoms. The van der Waals surface area contributed by atoms with Gasteiger partial charge in [0.2, 0.25) is 0 Å². The minimum atomic E-state index is -0.0742. The highest BCUT2D eigenvalue weighted by atomic mass is 35.5. The van der Waals surface area contributed by atoms with E-state index in [1.807, 2.05) is 4.68 Å². The first-order valence-corrected chi connectivity index (χ1v) is 13.8. The van der Waals surface area contributed by atoms with Crippen molar-refractivity contribution < 1.29 is 4.79 Å². The molecule has 1 amide bonds. The highest BCUT2D eigenvalue weighted by molar-refractivity contribution is 6.36. The average molecular weight is 494 g/mol. The second kappa shape index (κ2) is 11.2. The van der Waals surface area contributed by atoms with Gasteiger partial charge in [0.15, 0.2) is 5.69 Å². The first kappa shape index (κ1) is 25.8. The number of nitrogens with one attached hydrogen (secondary N) is 1. The number of carbonyl (C=O) groups excluding carboxylic acids is 1. The first-order chi connectivity index (χ1) is 16.8. The molecule has 2 aliphatic carbocycles. The van der Waals surface area contributed by atoms with Crippen molar-refractivity contribution in [2.45, 2.75) is 79.6 Å². The van der Waals surface area contributed by atoms with E-state index < -0.39 is 0 Å². The van der Waals surface area contributed by atoms with Crippen molar-refractivity contribution >= 4 is 23.2 Å². The summed E-state index contributed by atoms with van der Waals surface area (Å²) in [6, 6.07) is 6.57. The normalized spacial score (nSPS) is 18.0. The number of halogens is 1. The summed E-state index contributed by atoms with van der Waals surface area (Å²) >= 11 is 6.71. The molecule has 5 heteroatoms. The van der Waals surface area contributed by atoms with E-state index in [2.05, 4.69) is 70.3 Å². The molecule has 4 nitrogen and oxygen atoms in total. The van der Waals surface area contributed by atoms with E-state index in [0.717, 1.165) is 54.1 Å². The van der Waals surface area contributed by atoms with Gasteiger partial charge in [-0.15, -0.1) is 0 Å². The standard InChI is InChI=1S/C30H40ClN3O/c1-6-22(7-2)11-8-21(5)18-32-30(35)28-25-14-12-23-16-19(3)9-13-24(23)29(25)34(33-28)27-15-10-20(4)17-26(27)31/h9,13,15-17,20-22H,6-8,10-12,14,18H2,1-5H3,(H,32,35). The molecule has 0 saturated carbocycles. The van der Waals surface area contributed by atoms with Crippen molar-refractivity contribution in [1.82, 2.24) is 15.1 Å². The number of hydrogen-bond donors (Lipinski definition) is 1. The molecule has 4 rings (SSSR count). The Kier molecular flexibility index (Phi) is 8.21. The lowest BCUT2D eigenvalue weighted by Crippen LogP contribution is -2.29. The van der Waals surface area contributed by atoms with Crippen LogP contribution in [0.15, 0.2) is 35.4 Å². The zero-order chi connectivity index (χ0) is 25.1. The van der Waals surface area contributed by atoms with Gasteiger partial charge >= 0.3 is 0 Å². The topological polar surface area (TPSA) is 46.9 Å². The number of allylic oxidation sites excluding steroid dienone is 4. The van der Waals surface area contributed by atoms with Crippen molar-refractivity contribution in [3.63, 3.8) is 0 Å². The average Bonchev–Trinajstić information content (AvgIpc) is 3.22. The number of aryl methyl sites for hydroxylation is 2. The highest BCUT2D eigenvalue weighted by Gasteiger charge is 2.30. The zero-order valence-electron chi connectivity index (χ0n) is 22.0. The second-order valence-corrected chi connectivity index (χ2v) is 11.0. The molecule has 2 unspecified atom stereocenters. The van der Waals surface area contributed by atoms with Crippen LogP contribution >= 0.6 is 11.6 Å². The zero-order valence-corrected chi connectivity index (χ0v) is 22.7. The van der Waals surface area contributed by atoms with Crippen LogP contribution in [0.5, 0.6) is 0 Å². The van der Waals surface area contributed by atoms with Crippen molar-refractivity contribution in [2.24, 2.45) is 17.8 Å². The van der Waals surface area contributed by atoms with E-state index in [9.17, 15) is 4.79 Å². The van der Waals surface area contributed by atoms with Gasteiger partial charge in [0.05, 0.1) is 16.4 Å². The summed E-state index contributed by atoms with van der Waals surface area (Å²) in [4.78, 5) is 13.4. The largest absolute Gasteiger partial charge is 0.350 e. The quantitative estimate of drug-likeness (QED) is 0.392. The van der Waals surface area contributed by atoms with Crippen LogP contribution in [0, 0.1) is 24.7 Å². The van der Waals surface area contributed by atoms with Gasteiger partial charge in [-0.3, -0.25) is 4.79 Å². The Bertz CT molecular complexity index is 1140. The molecule has 188 valence electrons. The van der Waals surface area contributed by atoms with Gasteiger partial charge in [0.1, 0.15) is 0 Å². The van der Waals surface area contributed by atoms with Gasteiger partial charge in [-0.05, 0) is 55.9 Å². The summed E-state index contributed by atoms with van der Waals surface area (Å²) in [5.74, 6) is 1.55. The van der Waals surface area contributed by atoms with Crippen LogP contribution in [0.1, 0.15) is 87.0 Å². The maximum Gasteiger partial charge on any atom is 0.272 e. The monoisotopic (exact) mass is 493 g/mol. The van der Waals surface area contributed by atoms with Gasteiger partial charge in [-0.25, -0.2) is 4.68 Å². The molecule has 0 radical (unpaired) electrons. The van der Waals surface area contributed by atoms with E-state index in [-0.39, 0.29) is 5.91 Å². The predicted octanol–water partition coefficient (Wildman–Crippen LogP) is 7.54. The molecule has 1 heterocycles. The Labute approximate surface area is 215 Å². The van der Waals surface area contributed by atoms with Crippen molar-refractivity contribution in [1.29, 1.82) is 0 Å². The fraction of sp³-hybridized carbons (Fsp3) is 0.533. The summed E-state index contributed by atoms with van der Waals surface area (Å²) in [6.45, 7) is 11.7. The van der Waals surface area contributed by atoms with E-state index in [1.165, 1.54) is 30.4 Å².